The molecule has 1 aromatic carbocycles. The normalized spacial score (nSPS) is 14.4. The van der Waals surface area contributed by atoms with E-state index in [4.69, 9.17) is 4.42 Å². The molecular weight excluding hydrogens is 491 g/mol. The van der Waals surface area contributed by atoms with Gasteiger partial charge in [-0.2, -0.15) is 0 Å². The van der Waals surface area contributed by atoms with Crippen LogP contribution in [0, 0.1) is 0 Å². The van der Waals surface area contributed by atoms with Crippen LogP contribution in [0.1, 0.15) is 31.1 Å². The number of hydrogen-bond acceptors (Lipinski definition) is 4. The van der Waals surface area contributed by atoms with Crippen molar-refractivity contribution in [3.63, 3.8) is 0 Å². The molecule has 9 heteroatoms. The van der Waals surface area contributed by atoms with Crippen molar-refractivity contribution >= 4 is 40.0 Å². The van der Waals surface area contributed by atoms with Crippen molar-refractivity contribution < 1.29 is 12.8 Å². The molecule has 28 heavy (non-hydrogen) atoms. The van der Waals surface area contributed by atoms with E-state index < -0.39 is 10.0 Å². The first kappa shape index (κ1) is 22.7. The molecule has 3 rings (SSSR count). The number of aliphatic imine (C=N–C) groups is 1. The van der Waals surface area contributed by atoms with Crippen LogP contribution in [-0.4, -0.2) is 33.5 Å². The molecule has 0 atom stereocenters. The fourth-order valence-corrected chi connectivity index (χ4v) is 3.84. The van der Waals surface area contributed by atoms with Crippen LogP contribution in [0.15, 0.2) is 57.0 Å². The van der Waals surface area contributed by atoms with Crippen LogP contribution in [0.5, 0.6) is 0 Å². The molecule has 1 heterocycles. The van der Waals surface area contributed by atoms with Crippen molar-refractivity contribution in [3.8, 4) is 0 Å². The summed E-state index contributed by atoms with van der Waals surface area (Å²) in [5, 5.41) is 6.47. The molecule has 3 N–H and O–H groups in total. The van der Waals surface area contributed by atoms with Gasteiger partial charge < -0.3 is 15.1 Å². The van der Waals surface area contributed by atoms with E-state index in [0.29, 0.717) is 18.0 Å². The summed E-state index contributed by atoms with van der Waals surface area (Å²) in [4.78, 5) is 4.85. The quantitative estimate of drug-likeness (QED) is 0.270. The lowest BCUT2D eigenvalue weighted by Gasteiger charge is -2.11. The molecule has 7 nitrogen and oxygen atoms in total. The van der Waals surface area contributed by atoms with Gasteiger partial charge in [-0.1, -0.05) is 12.1 Å². The van der Waals surface area contributed by atoms with Crippen molar-refractivity contribution in [2.45, 2.75) is 43.7 Å². The monoisotopic (exact) mass is 518 g/mol. The van der Waals surface area contributed by atoms with Crippen LogP contribution in [0.25, 0.3) is 0 Å². The smallest absolute Gasteiger partial charge is 0.240 e. The molecular formula is C19H27IN4O3S. The molecule has 0 saturated heterocycles. The lowest BCUT2D eigenvalue weighted by atomic mass is 10.2. The van der Waals surface area contributed by atoms with Gasteiger partial charge in [0.05, 0.1) is 17.7 Å². The minimum absolute atomic E-state index is 0. The zero-order valence-corrected chi connectivity index (χ0v) is 19.0. The van der Waals surface area contributed by atoms with Crippen molar-refractivity contribution in [2.75, 3.05) is 13.1 Å². The zero-order valence-electron chi connectivity index (χ0n) is 15.8. The fourth-order valence-electron chi connectivity index (χ4n) is 2.53. The van der Waals surface area contributed by atoms with Crippen LogP contribution < -0.4 is 15.4 Å². The first-order chi connectivity index (χ1) is 13.1. The maximum atomic E-state index is 12.2. The number of hydrogen-bond donors (Lipinski definition) is 3. The second-order valence-corrected chi connectivity index (χ2v) is 8.20. The third-order valence-corrected chi connectivity index (χ3v) is 5.68. The fraction of sp³-hybridized carbons (Fsp3) is 0.421. The van der Waals surface area contributed by atoms with Gasteiger partial charge in [0.25, 0.3) is 0 Å². The minimum Gasteiger partial charge on any atom is -0.469 e. The van der Waals surface area contributed by atoms with E-state index in [1.807, 2.05) is 19.1 Å². The van der Waals surface area contributed by atoms with Gasteiger partial charge in [-0.25, -0.2) is 18.1 Å². The van der Waals surface area contributed by atoms with Gasteiger partial charge in [-0.3, -0.25) is 0 Å². The molecule has 1 saturated carbocycles. The third kappa shape index (κ3) is 7.10. The van der Waals surface area contributed by atoms with Crippen molar-refractivity contribution in [3.05, 3.63) is 54.0 Å². The summed E-state index contributed by atoms with van der Waals surface area (Å²) in [5.41, 5.74) is 0.948. The van der Waals surface area contributed by atoms with Crippen molar-refractivity contribution in [2.24, 2.45) is 4.99 Å². The highest BCUT2D eigenvalue weighted by Crippen LogP contribution is 2.22. The summed E-state index contributed by atoms with van der Waals surface area (Å²) in [6.07, 6.45) is 4.29. The van der Waals surface area contributed by atoms with Gasteiger partial charge in [0.1, 0.15) is 5.76 Å². The van der Waals surface area contributed by atoms with E-state index >= 15 is 0 Å². The highest BCUT2D eigenvalue weighted by Gasteiger charge is 2.27. The van der Waals surface area contributed by atoms with Crippen molar-refractivity contribution in [1.82, 2.24) is 15.4 Å². The van der Waals surface area contributed by atoms with Gasteiger partial charge in [-0.15, -0.1) is 24.0 Å². The Labute approximate surface area is 183 Å². The zero-order chi connectivity index (χ0) is 19.1. The average Bonchev–Trinajstić information content (AvgIpc) is 3.30. The maximum Gasteiger partial charge on any atom is 0.240 e. The van der Waals surface area contributed by atoms with Crippen molar-refractivity contribution in [1.29, 1.82) is 0 Å². The average molecular weight is 518 g/mol. The van der Waals surface area contributed by atoms with Crippen LogP contribution in [-0.2, 0) is 23.0 Å². The Kier molecular flexibility index (Phi) is 8.77. The lowest BCUT2D eigenvalue weighted by molar-refractivity contribution is 0.507. The van der Waals surface area contributed by atoms with Gasteiger partial charge in [0.2, 0.25) is 10.0 Å². The Balaban J connectivity index is 0.00000280. The molecule has 154 valence electrons. The van der Waals surface area contributed by atoms with E-state index in [1.165, 1.54) is 0 Å². The third-order valence-electron chi connectivity index (χ3n) is 4.14. The van der Waals surface area contributed by atoms with E-state index in [9.17, 15) is 8.42 Å². The molecule has 1 aliphatic carbocycles. The first-order valence-electron chi connectivity index (χ1n) is 9.22. The number of sulfonamides is 1. The number of nitrogens with one attached hydrogen (secondary N) is 3. The Morgan fingerprint density at radius 3 is 2.54 bits per heavy atom. The first-order valence-corrected chi connectivity index (χ1v) is 10.7. The standard InChI is InChI=1S/C19H26N4O3S.HI/c1-2-20-19(21-12-11-17-4-3-13-26-17)22-14-15-5-9-18(10-6-15)27(24,25)23-16-7-8-16;/h3-6,9-10,13,16,23H,2,7-8,11-12,14H2,1H3,(H2,20,21,22);1H. The maximum absolute atomic E-state index is 12.2. The van der Waals surface area contributed by atoms with Gasteiger partial charge in [0.15, 0.2) is 5.96 Å². The van der Waals surface area contributed by atoms with Crippen LogP contribution in [0.4, 0.5) is 0 Å². The summed E-state index contributed by atoms with van der Waals surface area (Å²) in [6, 6.07) is 10.8. The molecule has 0 unspecified atom stereocenters. The molecule has 0 spiro atoms. The number of nitrogens with zero attached hydrogens (tertiary/aromatic N) is 1. The number of furan rings is 1. The minimum atomic E-state index is -3.41. The van der Waals surface area contributed by atoms with E-state index in [-0.39, 0.29) is 30.0 Å². The number of rotatable bonds is 9. The van der Waals surface area contributed by atoms with Crippen LogP contribution >= 0.6 is 24.0 Å². The number of halogens is 1. The van der Waals surface area contributed by atoms with Gasteiger partial charge in [0, 0.05) is 25.6 Å². The van der Waals surface area contributed by atoms with Gasteiger partial charge >= 0.3 is 0 Å². The number of benzene rings is 1. The highest BCUT2D eigenvalue weighted by atomic mass is 127. The Bertz CT molecular complexity index is 848. The molecule has 0 amide bonds. The molecule has 1 aromatic heterocycles. The Hall–Kier alpha value is -1.59. The second-order valence-electron chi connectivity index (χ2n) is 6.49. The van der Waals surface area contributed by atoms with E-state index in [1.54, 1.807) is 30.5 Å². The highest BCUT2D eigenvalue weighted by molar-refractivity contribution is 14.0. The predicted molar refractivity (Wildman–Crippen MR) is 120 cm³/mol. The summed E-state index contributed by atoms with van der Waals surface area (Å²) in [5.74, 6) is 1.64. The SMILES string of the molecule is CCNC(=NCc1ccc(S(=O)(=O)NC2CC2)cc1)NCCc1ccco1.I. The lowest BCUT2D eigenvalue weighted by Crippen LogP contribution is -2.38. The topological polar surface area (TPSA) is 95.7 Å². The Morgan fingerprint density at radius 2 is 1.93 bits per heavy atom. The predicted octanol–water partition coefficient (Wildman–Crippen LogP) is 2.64. The van der Waals surface area contributed by atoms with Crippen LogP contribution in [0.3, 0.4) is 0 Å². The molecule has 2 aromatic rings. The molecule has 0 radical (unpaired) electrons. The van der Waals surface area contributed by atoms with Gasteiger partial charge in [-0.05, 0) is 49.6 Å². The van der Waals surface area contributed by atoms with E-state index in [2.05, 4.69) is 20.3 Å². The molecule has 0 bridgehead atoms. The number of guanidine groups is 1. The summed E-state index contributed by atoms with van der Waals surface area (Å²) < 4.78 is 32.4. The van der Waals surface area contributed by atoms with Crippen LogP contribution in [0.2, 0.25) is 0 Å². The second kappa shape index (κ2) is 10.8. The molecule has 0 aliphatic heterocycles. The van der Waals surface area contributed by atoms with E-state index in [0.717, 1.165) is 43.1 Å². The Morgan fingerprint density at radius 1 is 1.18 bits per heavy atom. The summed E-state index contributed by atoms with van der Waals surface area (Å²) in [7, 11) is -3.41. The summed E-state index contributed by atoms with van der Waals surface area (Å²) >= 11 is 0. The molecule has 1 aliphatic rings. The summed E-state index contributed by atoms with van der Waals surface area (Å²) in [6.45, 7) is 3.95. The largest absolute Gasteiger partial charge is 0.469 e. The molecule has 1 fully saturated rings.